The largest absolute Gasteiger partial charge is 0.272 e. The summed E-state index contributed by atoms with van der Waals surface area (Å²) in [4.78, 5) is 32.6. The minimum atomic E-state index is -0.323. The maximum absolute atomic E-state index is 14.0. The molecular weight excluding hydrogens is 425 g/mol. The second-order valence-electron chi connectivity index (χ2n) is 10.1. The second kappa shape index (κ2) is 7.72. The van der Waals surface area contributed by atoms with Crippen LogP contribution in [0.15, 0.2) is 41.4 Å². The van der Waals surface area contributed by atoms with E-state index in [2.05, 4.69) is 32.9 Å². The van der Waals surface area contributed by atoms with Crippen LogP contribution in [0.1, 0.15) is 46.5 Å². The van der Waals surface area contributed by atoms with Crippen molar-refractivity contribution in [2.75, 3.05) is 12.3 Å². The molecule has 0 N–H and O–H groups in total. The molecule has 2 saturated heterocycles. The number of benzene rings is 1. The molecule has 170 valence electrons. The van der Waals surface area contributed by atoms with Gasteiger partial charge >= 0.3 is 0 Å². The third-order valence-corrected chi connectivity index (χ3v) is 9.08. The van der Waals surface area contributed by atoms with E-state index in [1.807, 2.05) is 0 Å². The normalized spacial score (nSPS) is 35.7. The van der Waals surface area contributed by atoms with Crippen LogP contribution in [-0.2, 0) is 9.59 Å². The molecule has 0 radical (unpaired) electrons. The van der Waals surface area contributed by atoms with Crippen molar-refractivity contribution in [3.63, 3.8) is 0 Å². The van der Waals surface area contributed by atoms with Gasteiger partial charge in [-0.2, -0.15) is 5.01 Å². The molecule has 2 aliphatic heterocycles. The van der Waals surface area contributed by atoms with Crippen LogP contribution >= 0.6 is 11.8 Å². The van der Waals surface area contributed by atoms with E-state index in [1.54, 1.807) is 28.9 Å². The Kier molecular flexibility index (Phi) is 5.23. The number of imide groups is 1. The van der Waals surface area contributed by atoms with E-state index in [0.29, 0.717) is 17.4 Å². The standard InChI is InChI=1S/C25H30FN3O2S/c1-16(2)25-12-10-24(3,11-13-25)19-20(25)22(31)29(21(19)30)28-14-4-5-15-32-23(28)27-18-8-6-17(26)7-9-18/h6-10,12,16,19-20H,4-5,11,13-15H2,1-3H3/t19?,20?,24-,25+/m0/s1. The second-order valence-corrected chi connectivity index (χ2v) is 11.2. The van der Waals surface area contributed by atoms with Crippen molar-refractivity contribution in [2.45, 2.75) is 46.5 Å². The van der Waals surface area contributed by atoms with Crippen molar-refractivity contribution < 1.29 is 14.0 Å². The highest BCUT2D eigenvalue weighted by Gasteiger charge is 2.68. The van der Waals surface area contributed by atoms with Gasteiger partial charge in [0.2, 0.25) is 0 Å². The molecule has 6 rings (SSSR count). The zero-order valence-electron chi connectivity index (χ0n) is 18.9. The summed E-state index contributed by atoms with van der Waals surface area (Å²) in [5.41, 5.74) is 0.0670. The molecule has 2 heterocycles. The number of hydrogen-bond acceptors (Lipinski definition) is 4. The van der Waals surface area contributed by atoms with Gasteiger partial charge in [-0.25, -0.2) is 9.38 Å². The summed E-state index contributed by atoms with van der Waals surface area (Å²) >= 11 is 1.56. The van der Waals surface area contributed by atoms with E-state index in [0.717, 1.165) is 31.4 Å². The molecule has 5 nitrogen and oxygen atoms in total. The maximum Gasteiger partial charge on any atom is 0.253 e. The van der Waals surface area contributed by atoms with Crippen LogP contribution in [0.2, 0.25) is 0 Å². The van der Waals surface area contributed by atoms with Crippen molar-refractivity contribution >= 4 is 34.4 Å². The predicted molar refractivity (Wildman–Crippen MR) is 124 cm³/mol. The molecule has 7 heteroatoms. The molecule has 1 saturated carbocycles. The van der Waals surface area contributed by atoms with E-state index in [1.165, 1.54) is 17.1 Å². The Bertz CT molecular complexity index is 1010. The molecular formula is C25H30FN3O2S. The summed E-state index contributed by atoms with van der Waals surface area (Å²) in [6, 6.07) is 6.00. The average molecular weight is 456 g/mol. The van der Waals surface area contributed by atoms with Crippen LogP contribution in [0.25, 0.3) is 0 Å². The fourth-order valence-corrected chi connectivity index (χ4v) is 7.08. The number of fused-ring (bicyclic) bond motifs is 1. The van der Waals surface area contributed by atoms with Gasteiger partial charge in [0.15, 0.2) is 5.17 Å². The number of hydrazine groups is 1. The molecule has 5 aliphatic rings. The van der Waals surface area contributed by atoms with Gasteiger partial charge in [-0.15, -0.1) is 0 Å². The lowest BCUT2D eigenvalue weighted by Crippen LogP contribution is -2.53. The lowest BCUT2D eigenvalue weighted by molar-refractivity contribution is -0.153. The van der Waals surface area contributed by atoms with Crippen LogP contribution in [0.5, 0.6) is 0 Å². The molecule has 1 aromatic carbocycles. The molecule has 0 aromatic heterocycles. The third kappa shape index (κ3) is 3.15. The predicted octanol–water partition coefficient (Wildman–Crippen LogP) is 5.17. The smallest absolute Gasteiger partial charge is 0.253 e. The van der Waals surface area contributed by atoms with Crippen LogP contribution in [0.4, 0.5) is 10.1 Å². The SMILES string of the molecule is CC(C)[C@@]12C=C[C@@](C)(CC1)C1C(=O)N(N3CCCCSC3=Nc3ccc(F)cc3)C(=O)C12. The lowest BCUT2D eigenvalue weighted by atomic mass is 9.46. The van der Waals surface area contributed by atoms with Gasteiger partial charge in [-0.1, -0.05) is 44.7 Å². The van der Waals surface area contributed by atoms with Gasteiger partial charge in [0, 0.05) is 17.7 Å². The summed E-state index contributed by atoms with van der Waals surface area (Å²) < 4.78 is 13.4. The van der Waals surface area contributed by atoms with Gasteiger partial charge in [-0.05, 0) is 61.3 Å². The first-order valence-electron chi connectivity index (χ1n) is 11.6. The quantitative estimate of drug-likeness (QED) is 0.466. The molecule has 3 aliphatic carbocycles. The van der Waals surface area contributed by atoms with Crippen LogP contribution in [0.3, 0.4) is 0 Å². The Labute approximate surface area is 193 Å². The lowest BCUT2D eigenvalue weighted by Gasteiger charge is -2.55. The zero-order chi connectivity index (χ0) is 22.7. The number of allylic oxidation sites excluding steroid dienone is 2. The number of nitrogens with zero attached hydrogens (tertiary/aromatic N) is 3. The molecule has 2 amide bonds. The fourth-order valence-electron chi connectivity index (χ4n) is 6.05. The molecule has 4 atom stereocenters. The highest BCUT2D eigenvalue weighted by atomic mass is 32.2. The first kappa shape index (κ1) is 21.7. The van der Waals surface area contributed by atoms with Crippen molar-refractivity contribution in [3.05, 3.63) is 42.2 Å². The number of amides is 2. The maximum atomic E-state index is 14.0. The Hall–Kier alpha value is -2.15. The molecule has 1 aromatic rings. The summed E-state index contributed by atoms with van der Waals surface area (Å²) in [6.07, 6.45) is 8.19. The highest BCUT2D eigenvalue weighted by Crippen LogP contribution is 2.64. The number of halogens is 1. The van der Waals surface area contributed by atoms with E-state index in [4.69, 9.17) is 4.99 Å². The van der Waals surface area contributed by atoms with Crippen molar-refractivity contribution in [3.8, 4) is 0 Å². The number of rotatable bonds is 3. The Morgan fingerprint density at radius 3 is 2.44 bits per heavy atom. The Balaban J connectivity index is 1.56. The summed E-state index contributed by atoms with van der Waals surface area (Å²) in [5.74, 6) is 0.0105. The minimum absolute atomic E-state index is 0.0849. The van der Waals surface area contributed by atoms with Crippen LogP contribution < -0.4 is 0 Å². The topological polar surface area (TPSA) is 53.0 Å². The summed E-state index contributed by atoms with van der Waals surface area (Å²) in [6.45, 7) is 7.03. The Morgan fingerprint density at radius 2 is 1.78 bits per heavy atom. The van der Waals surface area contributed by atoms with Gasteiger partial charge < -0.3 is 0 Å². The molecule has 2 unspecified atom stereocenters. The number of carbonyl (C=O) groups excluding carboxylic acids is 2. The third-order valence-electron chi connectivity index (χ3n) is 8.03. The number of thioether (sulfide) groups is 1. The number of hydrogen-bond donors (Lipinski definition) is 0. The van der Waals surface area contributed by atoms with Crippen LogP contribution in [-0.4, -0.2) is 39.3 Å². The van der Waals surface area contributed by atoms with Gasteiger partial charge in [0.25, 0.3) is 11.8 Å². The van der Waals surface area contributed by atoms with E-state index in [-0.39, 0.29) is 46.2 Å². The zero-order valence-corrected chi connectivity index (χ0v) is 19.7. The highest BCUT2D eigenvalue weighted by molar-refractivity contribution is 8.13. The first-order chi connectivity index (χ1) is 15.3. The van der Waals surface area contributed by atoms with E-state index >= 15 is 0 Å². The molecule has 3 fully saturated rings. The molecule has 0 spiro atoms. The van der Waals surface area contributed by atoms with Gasteiger partial charge in [-0.3, -0.25) is 14.6 Å². The van der Waals surface area contributed by atoms with Crippen molar-refractivity contribution in [1.29, 1.82) is 0 Å². The fraction of sp³-hybridized carbons (Fsp3) is 0.560. The average Bonchev–Trinajstić information content (AvgIpc) is 2.91. The van der Waals surface area contributed by atoms with E-state index in [9.17, 15) is 14.0 Å². The summed E-state index contributed by atoms with van der Waals surface area (Å²) in [7, 11) is 0. The summed E-state index contributed by atoms with van der Waals surface area (Å²) in [5, 5.41) is 3.86. The number of amidine groups is 1. The van der Waals surface area contributed by atoms with Crippen molar-refractivity contribution in [1.82, 2.24) is 10.0 Å². The number of aliphatic imine (C=N–C) groups is 1. The number of carbonyl (C=O) groups is 2. The van der Waals surface area contributed by atoms with E-state index < -0.39 is 0 Å². The van der Waals surface area contributed by atoms with Crippen molar-refractivity contribution in [2.24, 2.45) is 33.6 Å². The minimum Gasteiger partial charge on any atom is -0.272 e. The van der Waals surface area contributed by atoms with Gasteiger partial charge in [0.05, 0.1) is 17.5 Å². The first-order valence-corrected chi connectivity index (χ1v) is 12.6. The van der Waals surface area contributed by atoms with Crippen LogP contribution in [0, 0.1) is 34.4 Å². The monoisotopic (exact) mass is 455 g/mol. The molecule has 32 heavy (non-hydrogen) atoms. The van der Waals surface area contributed by atoms with Gasteiger partial charge in [0.1, 0.15) is 5.82 Å². The Morgan fingerprint density at radius 1 is 1.06 bits per heavy atom. The molecule has 2 bridgehead atoms.